The summed E-state index contributed by atoms with van der Waals surface area (Å²) in [5.41, 5.74) is -0.552. The van der Waals surface area contributed by atoms with E-state index in [2.05, 4.69) is 21.2 Å². The molecular weight excluding hydrogens is 368 g/mol. The second-order valence-corrected chi connectivity index (χ2v) is 8.19. The number of likely N-dealkylation sites (tertiary alicyclic amines) is 1. The first-order valence-electron chi connectivity index (χ1n) is 7.26. The molecular formula is C15H21BrN2O3S. The van der Waals surface area contributed by atoms with E-state index in [1.165, 1.54) is 4.90 Å². The second-order valence-electron chi connectivity index (χ2n) is 6.28. The van der Waals surface area contributed by atoms with Gasteiger partial charge in [-0.1, -0.05) is 0 Å². The van der Waals surface area contributed by atoms with Gasteiger partial charge in [-0.25, -0.2) is 4.79 Å². The van der Waals surface area contributed by atoms with Crippen LogP contribution in [0.2, 0.25) is 0 Å². The van der Waals surface area contributed by atoms with Gasteiger partial charge in [0.05, 0.1) is 6.54 Å². The molecule has 7 heteroatoms. The minimum absolute atomic E-state index is 0.118. The Bertz CT molecular complexity index is 553. The zero-order valence-corrected chi connectivity index (χ0v) is 15.4. The minimum atomic E-state index is -0.552. The van der Waals surface area contributed by atoms with Crippen LogP contribution < -0.4 is 5.32 Å². The van der Waals surface area contributed by atoms with Crippen LogP contribution in [-0.4, -0.2) is 35.1 Å². The molecule has 2 rings (SSSR count). The predicted molar refractivity (Wildman–Crippen MR) is 89.8 cm³/mol. The number of halogens is 1. The average Bonchev–Trinajstić information content (AvgIpc) is 3.02. The van der Waals surface area contributed by atoms with Crippen molar-refractivity contribution in [2.45, 2.75) is 51.8 Å². The fraction of sp³-hybridized carbons (Fsp3) is 0.600. The monoisotopic (exact) mass is 388 g/mol. The smallest absolute Gasteiger partial charge is 0.410 e. The number of amides is 2. The number of ether oxygens (including phenoxy) is 1. The molecule has 0 aromatic carbocycles. The minimum Gasteiger partial charge on any atom is -0.444 e. The van der Waals surface area contributed by atoms with Crippen molar-refractivity contribution in [1.82, 2.24) is 10.2 Å². The molecule has 1 aliphatic rings. The SMILES string of the molecule is CC(C)(C)OC(=O)N1CCCC1C(=O)NCc1cc(Br)cs1. The summed E-state index contributed by atoms with van der Waals surface area (Å²) in [5.74, 6) is -0.118. The highest BCUT2D eigenvalue weighted by Gasteiger charge is 2.36. The Morgan fingerprint density at radius 3 is 2.82 bits per heavy atom. The summed E-state index contributed by atoms with van der Waals surface area (Å²) in [5, 5.41) is 4.88. The zero-order chi connectivity index (χ0) is 16.3. The summed E-state index contributed by atoms with van der Waals surface area (Å²) in [6.45, 7) is 6.52. The summed E-state index contributed by atoms with van der Waals surface area (Å²) >= 11 is 4.97. The van der Waals surface area contributed by atoms with Crippen molar-refractivity contribution in [1.29, 1.82) is 0 Å². The van der Waals surface area contributed by atoms with Crippen LogP contribution >= 0.6 is 27.3 Å². The summed E-state index contributed by atoms with van der Waals surface area (Å²) in [6.07, 6.45) is 1.09. The van der Waals surface area contributed by atoms with Crippen molar-refractivity contribution in [2.75, 3.05) is 6.54 Å². The van der Waals surface area contributed by atoms with Crippen LogP contribution in [0.3, 0.4) is 0 Å². The lowest BCUT2D eigenvalue weighted by Crippen LogP contribution is -2.47. The average molecular weight is 389 g/mol. The lowest BCUT2D eigenvalue weighted by atomic mass is 10.2. The summed E-state index contributed by atoms with van der Waals surface area (Å²) < 4.78 is 6.38. The number of carbonyl (C=O) groups is 2. The Morgan fingerprint density at radius 1 is 1.50 bits per heavy atom. The third-order valence-electron chi connectivity index (χ3n) is 3.24. The van der Waals surface area contributed by atoms with Crippen LogP contribution in [-0.2, 0) is 16.1 Å². The normalized spacial score (nSPS) is 18.4. The number of nitrogens with zero attached hydrogens (tertiary/aromatic N) is 1. The number of nitrogens with one attached hydrogen (secondary N) is 1. The summed E-state index contributed by atoms with van der Waals surface area (Å²) in [7, 11) is 0. The van der Waals surface area contributed by atoms with Crippen molar-refractivity contribution < 1.29 is 14.3 Å². The number of hydrogen-bond acceptors (Lipinski definition) is 4. The second kappa shape index (κ2) is 7.00. The van der Waals surface area contributed by atoms with Gasteiger partial charge in [-0.15, -0.1) is 11.3 Å². The van der Waals surface area contributed by atoms with E-state index in [1.54, 1.807) is 11.3 Å². The standard InChI is InChI=1S/C15H21BrN2O3S/c1-15(2,3)21-14(20)18-6-4-5-12(18)13(19)17-8-11-7-10(16)9-22-11/h7,9,12H,4-6,8H2,1-3H3,(H,17,19). The van der Waals surface area contributed by atoms with Gasteiger partial charge in [-0.05, 0) is 55.6 Å². The largest absolute Gasteiger partial charge is 0.444 e. The van der Waals surface area contributed by atoms with E-state index in [1.807, 2.05) is 32.2 Å². The molecule has 0 saturated carbocycles. The van der Waals surface area contributed by atoms with E-state index in [4.69, 9.17) is 4.74 Å². The molecule has 1 aromatic heterocycles. The van der Waals surface area contributed by atoms with E-state index in [0.29, 0.717) is 19.5 Å². The lowest BCUT2D eigenvalue weighted by molar-refractivity contribution is -0.125. The molecule has 2 heterocycles. The van der Waals surface area contributed by atoms with Gasteiger partial charge in [-0.2, -0.15) is 0 Å². The molecule has 5 nitrogen and oxygen atoms in total. The van der Waals surface area contributed by atoms with Gasteiger partial charge >= 0.3 is 6.09 Å². The topological polar surface area (TPSA) is 58.6 Å². The van der Waals surface area contributed by atoms with E-state index < -0.39 is 17.7 Å². The molecule has 0 bridgehead atoms. The van der Waals surface area contributed by atoms with Crippen molar-refractivity contribution in [3.05, 3.63) is 20.8 Å². The fourth-order valence-corrected chi connectivity index (χ4v) is 3.71. The van der Waals surface area contributed by atoms with Gasteiger partial charge in [0.15, 0.2) is 0 Å². The molecule has 0 spiro atoms. The fourth-order valence-electron chi connectivity index (χ4n) is 2.32. The highest BCUT2D eigenvalue weighted by Crippen LogP contribution is 2.22. The maximum atomic E-state index is 12.3. The first kappa shape index (κ1) is 17.3. The molecule has 0 radical (unpaired) electrons. The Balaban J connectivity index is 1.91. The van der Waals surface area contributed by atoms with Crippen molar-refractivity contribution in [3.8, 4) is 0 Å². The van der Waals surface area contributed by atoms with Gasteiger partial charge < -0.3 is 10.1 Å². The summed E-state index contributed by atoms with van der Waals surface area (Å²) in [6, 6.07) is 1.55. The highest BCUT2D eigenvalue weighted by molar-refractivity contribution is 9.10. The Kier molecular flexibility index (Phi) is 5.50. The maximum Gasteiger partial charge on any atom is 0.410 e. The Hall–Kier alpha value is -1.08. The predicted octanol–water partition coefficient (Wildman–Crippen LogP) is 3.53. The van der Waals surface area contributed by atoms with Crippen LogP contribution in [0.4, 0.5) is 4.79 Å². The summed E-state index contributed by atoms with van der Waals surface area (Å²) in [4.78, 5) is 27.1. The third kappa shape index (κ3) is 4.71. The van der Waals surface area contributed by atoms with Crippen LogP contribution in [0.25, 0.3) is 0 Å². The quantitative estimate of drug-likeness (QED) is 0.861. The Labute approximate surface area is 143 Å². The van der Waals surface area contributed by atoms with Crippen LogP contribution in [0, 0.1) is 0 Å². The first-order valence-corrected chi connectivity index (χ1v) is 8.94. The molecule has 22 heavy (non-hydrogen) atoms. The number of thiophene rings is 1. The van der Waals surface area contributed by atoms with Crippen LogP contribution in [0.15, 0.2) is 15.9 Å². The molecule has 1 atom stereocenters. The number of carbonyl (C=O) groups excluding carboxylic acids is 2. The van der Waals surface area contributed by atoms with E-state index in [9.17, 15) is 9.59 Å². The van der Waals surface area contributed by atoms with Gasteiger partial charge in [0.1, 0.15) is 11.6 Å². The Morgan fingerprint density at radius 2 is 2.23 bits per heavy atom. The maximum absolute atomic E-state index is 12.3. The van der Waals surface area contributed by atoms with E-state index in [0.717, 1.165) is 15.8 Å². The zero-order valence-electron chi connectivity index (χ0n) is 13.0. The first-order chi connectivity index (χ1) is 10.3. The molecule has 1 aliphatic heterocycles. The van der Waals surface area contributed by atoms with Crippen molar-refractivity contribution in [2.24, 2.45) is 0 Å². The third-order valence-corrected chi connectivity index (χ3v) is 4.94. The van der Waals surface area contributed by atoms with Gasteiger partial charge in [0.25, 0.3) is 0 Å². The molecule has 1 fully saturated rings. The van der Waals surface area contributed by atoms with Gasteiger partial charge in [0, 0.05) is 21.3 Å². The number of hydrogen-bond donors (Lipinski definition) is 1. The molecule has 1 aromatic rings. The molecule has 1 N–H and O–H groups in total. The molecule has 122 valence electrons. The highest BCUT2D eigenvalue weighted by atomic mass is 79.9. The molecule has 1 saturated heterocycles. The van der Waals surface area contributed by atoms with E-state index >= 15 is 0 Å². The lowest BCUT2D eigenvalue weighted by Gasteiger charge is -2.28. The molecule has 2 amide bonds. The van der Waals surface area contributed by atoms with Gasteiger partial charge in [0.2, 0.25) is 5.91 Å². The van der Waals surface area contributed by atoms with Gasteiger partial charge in [-0.3, -0.25) is 9.69 Å². The van der Waals surface area contributed by atoms with Crippen LogP contribution in [0.1, 0.15) is 38.5 Å². The van der Waals surface area contributed by atoms with E-state index in [-0.39, 0.29) is 5.91 Å². The number of rotatable bonds is 3. The molecule has 1 unspecified atom stereocenters. The van der Waals surface area contributed by atoms with Crippen molar-refractivity contribution in [3.63, 3.8) is 0 Å². The molecule has 0 aliphatic carbocycles. The van der Waals surface area contributed by atoms with Crippen molar-refractivity contribution >= 4 is 39.3 Å². The van der Waals surface area contributed by atoms with Crippen LogP contribution in [0.5, 0.6) is 0 Å².